The third kappa shape index (κ3) is 9.98. The zero-order valence-corrected chi connectivity index (χ0v) is 33.2. The van der Waals surface area contributed by atoms with Crippen LogP contribution < -0.4 is 31.6 Å². The van der Waals surface area contributed by atoms with Gasteiger partial charge in [-0.25, -0.2) is 5.01 Å². The molecule has 6 rings (SSSR count). The lowest BCUT2D eigenvalue weighted by Crippen LogP contribution is -2.65. The maximum atomic E-state index is 14.5. The summed E-state index contributed by atoms with van der Waals surface area (Å²) in [5.41, 5.74) is 10.5. The number of carbonyl (C=O) groups excluding carboxylic acids is 4. The Balaban J connectivity index is 1.27. The first-order valence-corrected chi connectivity index (χ1v) is 19.6. The lowest BCUT2D eigenvalue weighted by Gasteiger charge is -2.38. The first-order valence-electron chi connectivity index (χ1n) is 19.6. The number of anilines is 2. The van der Waals surface area contributed by atoms with Crippen molar-refractivity contribution in [2.75, 3.05) is 42.6 Å². The zero-order chi connectivity index (χ0) is 40.7. The second-order valence-electron chi connectivity index (χ2n) is 15.4. The first-order chi connectivity index (χ1) is 27.3. The Morgan fingerprint density at radius 3 is 2.25 bits per heavy atom. The number of nitrogens with two attached hydrogens (primary N) is 1. The predicted molar refractivity (Wildman–Crippen MR) is 222 cm³/mol. The van der Waals surface area contributed by atoms with Crippen LogP contribution in [0.25, 0.3) is 10.8 Å². The first kappa shape index (κ1) is 40.9. The molecule has 57 heavy (non-hydrogen) atoms. The van der Waals surface area contributed by atoms with Gasteiger partial charge in [-0.15, -0.1) is 0 Å². The third-order valence-electron chi connectivity index (χ3n) is 10.4. The molecular formula is C44H54N8O5. The summed E-state index contributed by atoms with van der Waals surface area (Å²) >= 11 is 0. The Morgan fingerprint density at radius 1 is 0.860 bits per heavy atom. The van der Waals surface area contributed by atoms with Crippen molar-refractivity contribution in [3.8, 4) is 0 Å². The van der Waals surface area contributed by atoms with Gasteiger partial charge in [0.2, 0.25) is 17.5 Å². The molecule has 0 bridgehead atoms. The van der Waals surface area contributed by atoms with E-state index in [9.17, 15) is 24.3 Å². The number of benzene rings is 4. The van der Waals surface area contributed by atoms with Gasteiger partial charge < -0.3 is 31.3 Å². The molecular weight excluding hydrogens is 721 g/mol. The molecule has 2 aliphatic heterocycles. The van der Waals surface area contributed by atoms with Crippen LogP contribution in [0.5, 0.6) is 0 Å². The van der Waals surface area contributed by atoms with E-state index in [0.29, 0.717) is 43.9 Å². The van der Waals surface area contributed by atoms with Crippen LogP contribution >= 0.6 is 0 Å². The summed E-state index contributed by atoms with van der Waals surface area (Å²) in [5, 5.41) is 21.3. The van der Waals surface area contributed by atoms with Gasteiger partial charge in [0.05, 0.1) is 11.7 Å². The summed E-state index contributed by atoms with van der Waals surface area (Å²) in [6, 6.07) is 28.4. The molecule has 0 aliphatic carbocycles. The largest absolute Gasteiger partial charge is 0.369 e. The molecule has 0 saturated carbocycles. The molecule has 0 spiro atoms. The average Bonchev–Trinajstić information content (AvgIpc) is 3.63. The monoisotopic (exact) mass is 774 g/mol. The molecule has 4 aromatic rings. The van der Waals surface area contributed by atoms with Crippen LogP contribution in [0.3, 0.4) is 0 Å². The molecule has 4 aromatic carbocycles. The smallest absolute Gasteiger partial charge is 0.287 e. The van der Waals surface area contributed by atoms with E-state index in [0.717, 1.165) is 27.7 Å². The van der Waals surface area contributed by atoms with Gasteiger partial charge in [-0.3, -0.25) is 29.5 Å². The summed E-state index contributed by atoms with van der Waals surface area (Å²) in [5.74, 6) is -2.25. The fourth-order valence-corrected chi connectivity index (χ4v) is 7.17. The summed E-state index contributed by atoms with van der Waals surface area (Å²) < 4.78 is 0. The van der Waals surface area contributed by atoms with Crippen molar-refractivity contribution in [2.45, 2.75) is 64.8 Å². The highest BCUT2D eigenvalue weighted by molar-refractivity contribution is 5.99. The molecule has 13 nitrogen and oxygen atoms in total. The molecule has 2 aliphatic rings. The van der Waals surface area contributed by atoms with Crippen LogP contribution in [0, 0.1) is 12.8 Å². The van der Waals surface area contributed by atoms with E-state index in [1.807, 2.05) is 80.3 Å². The molecule has 0 aromatic heterocycles. The lowest BCUT2D eigenvalue weighted by atomic mass is 9.98. The van der Waals surface area contributed by atoms with Crippen LogP contribution in [0.4, 0.5) is 11.4 Å². The van der Waals surface area contributed by atoms with Gasteiger partial charge in [-0.2, -0.15) is 0 Å². The number of piperazine rings is 1. The molecule has 1 fully saturated rings. The van der Waals surface area contributed by atoms with E-state index in [4.69, 9.17) is 5.73 Å². The molecule has 4 amide bonds. The second kappa shape index (κ2) is 18.0. The molecule has 13 heteroatoms. The summed E-state index contributed by atoms with van der Waals surface area (Å²) in [7, 11) is 0. The fraction of sp³-hybridized carbons (Fsp3) is 0.364. The van der Waals surface area contributed by atoms with Crippen molar-refractivity contribution in [2.24, 2.45) is 11.7 Å². The Hall–Kier alpha value is -5.76. The maximum absolute atomic E-state index is 14.5. The highest BCUT2D eigenvalue weighted by Crippen LogP contribution is 2.34. The number of nitrogens with zero attached hydrogens (tertiary/aromatic N) is 4. The van der Waals surface area contributed by atoms with Gasteiger partial charge in [-0.1, -0.05) is 80.6 Å². The molecule has 0 radical (unpaired) electrons. The van der Waals surface area contributed by atoms with E-state index < -0.39 is 35.5 Å². The van der Waals surface area contributed by atoms with Crippen molar-refractivity contribution >= 4 is 45.8 Å². The highest BCUT2D eigenvalue weighted by atomic mass is 16.3. The van der Waals surface area contributed by atoms with Crippen LogP contribution in [-0.4, -0.2) is 89.3 Å². The minimum absolute atomic E-state index is 0.0632. The maximum Gasteiger partial charge on any atom is 0.287 e. The quantitative estimate of drug-likeness (QED) is 0.118. The van der Waals surface area contributed by atoms with Crippen molar-refractivity contribution in [1.29, 1.82) is 0 Å². The highest BCUT2D eigenvalue weighted by Gasteiger charge is 2.41. The zero-order valence-electron chi connectivity index (χ0n) is 33.2. The minimum atomic E-state index is -2.30. The number of hydrogen-bond acceptors (Lipinski definition) is 9. The third-order valence-corrected chi connectivity index (χ3v) is 10.4. The molecule has 0 unspecified atom stereocenters. The number of hydrogen-bond donors (Lipinski definition) is 5. The van der Waals surface area contributed by atoms with E-state index >= 15 is 0 Å². The normalized spacial score (nSPS) is 16.8. The molecule has 2 heterocycles. The van der Waals surface area contributed by atoms with Crippen molar-refractivity contribution in [1.82, 2.24) is 26.0 Å². The van der Waals surface area contributed by atoms with Crippen molar-refractivity contribution < 1.29 is 24.3 Å². The SMILES string of the molecule is Cc1cccc(N2CCN(NC(=O)[C@@](O)(CCC(C)C)NC(=O)[C@@H](CC3=CN(C(=O)[C@H](C)N)CN3c3cccc4ccccc34)NC(=O)c3ccccc3)CC2)c1. The molecule has 300 valence electrons. The van der Waals surface area contributed by atoms with Gasteiger partial charge in [0.15, 0.2) is 0 Å². The number of aryl methyl sites for hydroxylation is 1. The number of amides is 4. The van der Waals surface area contributed by atoms with Crippen molar-refractivity contribution in [3.63, 3.8) is 0 Å². The van der Waals surface area contributed by atoms with E-state index in [2.05, 4.69) is 33.1 Å². The Morgan fingerprint density at radius 2 is 1.54 bits per heavy atom. The number of hydrazine groups is 1. The summed E-state index contributed by atoms with van der Waals surface area (Å²) in [6.07, 6.45) is 1.93. The number of carbonyl (C=O) groups is 4. The Kier molecular flexibility index (Phi) is 12.9. The lowest BCUT2D eigenvalue weighted by molar-refractivity contribution is -0.155. The van der Waals surface area contributed by atoms with Crippen LogP contribution in [0.2, 0.25) is 0 Å². The molecule has 6 N–H and O–H groups in total. The van der Waals surface area contributed by atoms with Crippen LogP contribution in [0.15, 0.2) is 109 Å². The molecule has 3 atom stereocenters. The summed E-state index contributed by atoms with van der Waals surface area (Å²) in [6.45, 7) is 10.0. The van der Waals surface area contributed by atoms with E-state index in [1.54, 1.807) is 48.5 Å². The predicted octanol–water partition coefficient (Wildman–Crippen LogP) is 4.23. The number of aliphatic hydroxyl groups is 1. The van der Waals surface area contributed by atoms with E-state index in [1.165, 1.54) is 4.90 Å². The number of fused-ring (bicyclic) bond motifs is 1. The molecule has 1 saturated heterocycles. The standard InChI is InChI=1S/C44H54N8O5/c1-30(2)20-21-44(57,43(56)48-51-24-22-49(23-25-51)35-17-10-12-31(3)26-35)47-41(54)38(46-40(53)34-14-6-5-7-15-34)27-36-28-50(42(55)32(4)45)29-52(36)39-19-11-16-33-13-8-9-18-37(33)39/h5-19,26,28,30,32,38,57H,20-25,27,29,45H2,1-4H3,(H,46,53)(H,47,54)(H,48,56)/t32-,38+,44-/m0/s1. The van der Waals surface area contributed by atoms with Gasteiger partial charge in [0.25, 0.3) is 11.8 Å². The Labute approximate surface area is 334 Å². The Bertz CT molecular complexity index is 2090. The average molecular weight is 775 g/mol. The number of rotatable bonds is 14. The van der Waals surface area contributed by atoms with Crippen molar-refractivity contribution in [3.05, 3.63) is 120 Å². The topological polar surface area (TPSA) is 164 Å². The second-order valence-corrected chi connectivity index (χ2v) is 15.4. The number of nitrogens with one attached hydrogen (secondary N) is 3. The minimum Gasteiger partial charge on any atom is -0.369 e. The van der Waals surface area contributed by atoms with Gasteiger partial charge in [0.1, 0.15) is 12.7 Å². The van der Waals surface area contributed by atoms with Gasteiger partial charge >= 0.3 is 0 Å². The van der Waals surface area contributed by atoms with Gasteiger partial charge in [-0.05, 0) is 67.5 Å². The van der Waals surface area contributed by atoms with E-state index in [-0.39, 0.29) is 31.3 Å². The van der Waals surface area contributed by atoms with Gasteiger partial charge in [0, 0.05) is 67.6 Å². The summed E-state index contributed by atoms with van der Waals surface area (Å²) in [4.78, 5) is 61.2. The van der Waals surface area contributed by atoms with Crippen LogP contribution in [-0.2, 0) is 14.4 Å². The fourth-order valence-electron chi connectivity index (χ4n) is 7.17. The van der Waals surface area contributed by atoms with Crippen LogP contribution in [0.1, 0.15) is 56.0 Å².